The molecule has 18 heavy (non-hydrogen) atoms. The van der Waals surface area contributed by atoms with Gasteiger partial charge in [0.2, 0.25) is 0 Å². The Kier molecular flexibility index (Phi) is 10.9. The van der Waals surface area contributed by atoms with E-state index in [0.29, 0.717) is 0 Å². The van der Waals surface area contributed by atoms with Gasteiger partial charge < -0.3 is 4.90 Å². The Balaban J connectivity index is 0. The minimum absolute atomic E-state index is 0.789. The predicted octanol–water partition coefficient (Wildman–Crippen LogP) is 2.60. The van der Waals surface area contributed by atoms with Crippen molar-refractivity contribution >= 4 is 10.4 Å². The van der Waals surface area contributed by atoms with Crippen LogP contribution in [0.25, 0.3) is 0 Å². The van der Waals surface area contributed by atoms with Gasteiger partial charge in [-0.25, -0.2) is 0 Å². The average molecular weight is 283 g/mol. The number of nitrogens with zero attached hydrogens (tertiary/aromatic N) is 1. The number of hydrogen-bond donors (Lipinski definition) is 2. The summed E-state index contributed by atoms with van der Waals surface area (Å²) in [5.41, 5.74) is 0. The molecule has 0 fully saturated rings. The number of rotatable bonds is 6. The number of hydrogen-bond acceptors (Lipinski definition) is 3. The van der Waals surface area contributed by atoms with Crippen LogP contribution >= 0.6 is 0 Å². The largest absolute Gasteiger partial charge is 0.394 e. The Morgan fingerprint density at radius 1 is 0.778 bits per heavy atom. The van der Waals surface area contributed by atoms with E-state index in [1.165, 1.54) is 19.6 Å². The second-order valence-corrected chi connectivity index (χ2v) is 6.74. The van der Waals surface area contributed by atoms with Crippen molar-refractivity contribution in [2.75, 3.05) is 19.6 Å². The van der Waals surface area contributed by atoms with E-state index in [9.17, 15) is 0 Å². The molecule has 0 unspecified atom stereocenters. The first-order valence-corrected chi connectivity index (χ1v) is 7.73. The summed E-state index contributed by atoms with van der Waals surface area (Å²) in [5.74, 6) is 2.37. The summed E-state index contributed by atoms with van der Waals surface area (Å²) in [4.78, 5) is 2.60. The van der Waals surface area contributed by atoms with Crippen LogP contribution in [0.15, 0.2) is 0 Å². The fraction of sp³-hybridized carbons (Fsp3) is 1.00. The van der Waals surface area contributed by atoms with Gasteiger partial charge in [0.25, 0.3) is 0 Å². The molecule has 0 heterocycles. The summed E-state index contributed by atoms with van der Waals surface area (Å²) in [6, 6.07) is 0. The van der Waals surface area contributed by atoms with Crippen molar-refractivity contribution in [1.29, 1.82) is 0 Å². The fourth-order valence-electron chi connectivity index (χ4n) is 1.77. The van der Waals surface area contributed by atoms with E-state index in [0.717, 1.165) is 17.8 Å². The van der Waals surface area contributed by atoms with E-state index in [-0.39, 0.29) is 0 Å². The van der Waals surface area contributed by atoms with Crippen LogP contribution < -0.4 is 0 Å². The molecule has 5 nitrogen and oxygen atoms in total. The Labute approximate surface area is 112 Å². The van der Waals surface area contributed by atoms with Crippen LogP contribution in [-0.2, 0) is 10.4 Å². The Morgan fingerprint density at radius 2 is 0.944 bits per heavy atom. The Bertz CT molecular complexity index is 255. The highest BCUT2D eigenvalue weighted by Gasteiger charge is 2.10. The molecule has 0 saturated carbocycles. The molecule has 0 aliphatic heterocycles. The maximum atomic E-state index is 8.74. The van der Waals surface area contributed by atoms with Crippen LogP contribution in [0, 0.1) is 17.8 Å². The molecule has 2 N–H and O–H groups in total. The summed E-state index contributed by atoms with van der Waals surface area (Å²) < 4.78 is 31.6. The highest BCUT2D eigenvalue weighted by molar-refractivity contribution is 7.79. The highest BCUT2D eigenvalue weighted by atomic mass is 32.3. The lowest BCUT2D eigenvalue weighted by Gasteiger charge is -2.27. The lowest BCUT2D eigenvalue weighted by molar-refractivity contribution is 0.198. The van der Waals surface area contributed by atoms with E-state index in [1.54, 1.807) is 0 Å². The molecule has 0 rings (SSSR count). The first-order chi connectivity index (χ1) is 7.91. The molecule has 112 valence electrons. The topological polar surface area (TPSA) is 77.8 Å². The molecule has 0 radical (unpaired) electrons. The van der Waals surface area contributed by atoms with Crippen molar-refractivity contribution in [2.24, 2.45) is 17.8 Å². The van der Waals surface area contributed by atoms with Crippen molar-refractivity contribution in [1.82, 2.24) is 4.90 Å². The fourth-order valence-corrected chi connectivity index (χ4v) is 1.77. The van der Waals surface area contributed by atoms with Crippen molar-refractivity contribution in [3.63, 3.8) is 0 Å². The van der Waals surface area contributed by atoms with Crippen molar-refractivity contribution < 1.29 is 17.5 Å². The molecule has 0 atom stereocenters. The van der Waals surface area contributed by atoms with Gasteiger partial charge >= 0.3 is 10.4 Å². The molecule has 0 saturated heterocycles. The molecule has 6 heteroatoms. The maximum absolute atomic E-state index is 8.74. The van der Waals surface area contributed by atoms with Gasteiger partial charge in [-0.1, -0.05) is 41.5 Å². The molecular weight excluding hydrogens is 254 g/mol. The third-order valence-electron chi connectivity index (χ3n) is 1.87. The zero-order chi connectivity index (χ0) is 14.9. The van der Waals surface area contributed by atoms with E-state index in [2.05, 4.69) is 46.4 Å². The van der Waals surface area contributed by atoms with Crippen LogP contribution in [-0.4, -0.2) is 42.1 Å². The zero-order valence-electron chi connectivity index (χ0n) is 12.4. The van der Waals surface area contributed by atoms with Crippen LogP contribution in [0.2, 0.25) is 0 Å². The van der Waals surface area contributed by atoms with Crippen LogP contribution in [0.5, 0.6) is 0 Å². The predicted molar refractivity (Wildman–Crippen MR) is 75.1 cm³/mol. The van der Waals surface area contributed by atoms with Gasteiger partial charge in [0.1, 0.15) is 0 Å². The van der Waals surface area contributed by atoms with Gasteiger partial charge in [0, 0.05) is 19.6 Å². The molecule has 0 bridgehead atoms. The van der Waals surface area contributed by atoms with Crippen LogP contribution in [0.1, 0.15) is 41.5 Å². The third kappa shape index (κ3) is 24.9. The molecule has 0 aromatic heterocycles. The molecule has 0 aliphatic rings. The van der Waals surface area contributed by atoms with Crippen molar-refractivity contribution in [2.45, 2.75) is 41.5 Å². The Morgan fingerprint density at radius 3 is 1.06 bits per heavy atom. The normalized spacial score (nSPS) is 12.2. The average Bonchev–Trinajstić information content (AvgIpc) is 1.94. The SMILES string of the molecule is CC(C)CN(CC(C)C)CC(C)C.O=S(=O)(O)O. The quantitative estimate of drug-likeness (QED) is 0.733. The summed E-state index contributed by atoms with van der Waals surface area (Å²) in [5, 5.41) is 0. The molecular formula is C12H29NO4S. The minimum Gasteiger partial charge on any atom is -0.303 e. The van der Waals surface area contributed by atoms with E-state index in [1.807, 2.05) is 0 Å². The van der Waals surface area contributed by atoms with Gasteiger partial charge in [-0.15, -0.1) is 0 Å². The van der Waals surface area contributed by atoms with E-state index < -0.39 is 10.4 Å². The second-order valence-electron chi connectivity index (χ2n) is 5.85. The van der Waals surface area contributed by atoms with Crippen LogP contribution in [0.3, 0.4) is 0 Å². The van der Waals surface area contributed by atoms with Gasteiger partial charge in [-0.3, -0.25) is 9.11 Å². The van der Waals surface area contributed by atoms with Gasteiger partial charge in [-0.05, 0) is 17.8 Å². The molecule has 0 aromatic rings. The second kappa shape index (κ2) is 9.72. The highest BCUT2D eigenvalue weighted by Crippen LogP contribution is 2.06. The van der Waals surface area contributed by atoms with E-state index in [4.69, 9.17) is 17.5 Å². The minimum atomic E-state index is -4.67. The zero-order valence-corrected chi connectivity index (χ0v) is 13.2. The van der Waals surface area contributed by atoms with Gasteiger partial charge in [0.05, 0.1) is 0 Å². The van der Waals surface area contributed by atoms with E-state index >= 15 is 0 Å². The lowest BCUT2D eigenvalue weighted by atomic mass is 10.1. The van der Waals surface area contributed by atoms with Gasteiger partial charge in [0.15, 0.2) is 0 Å². The van der Waals surface area contributed by atoms with Gasteiger partial charge in [-0.2, -0.15) is 8.42 Å². The first kappa shape index (κ1) is 20.2. The summed E-state index contributed by atoms with van der Waals surface area (Å²) in [6.45, 7) is 17.5. The summed E-state index contributed by atoms with van der Waals surface area (Å²) in [6.07, 6.45) is 0. The van der Waals surface area contributed by atoms with Crippen LogP contribution in [0.4, 0.5) is 0 Å². The summed E-state index contributed by atoms with van der Waals surface area (Å²) >= 11 is 0. The molecule has 0 spiro atoms. The third-order valence-corrected chi connectivity index (χ3v) is 1.87. The lowest BCUT2D eigenvalue weighted by Crippen LogP contribution is -2.34. The van der Waals surface area contributed by atoms with Crippen molar-refractivity contribution in [3.05, 3.63) is 0 Å². The first-order valence-electron chi connectivity index (χ1n) is 6.34. The molecule has 0 amide bonds. The monoisotopic (exact) mass is 283 g/mol. The smallest absolute Gasteiger partial charge is 0.303 e. The standard InChI is InChI=1S/C12H27N.H2O4S/c1-10(2)7-13(8-11(3)4)9-12(5)6;1-5(2,3)4/h10-12H,7-9H2,1-6H3;(H2,1,2,3,4). The molecule has 0 aliphatic carbocycles. The Hall–Kier alpha value is -0.170. The molecule has 0 aromatic carbocycles. The van der Waals surface area contributed by atoms with Crippen molar-refractivity contribution in [3.8, 4) is 0 Å². The maximum Gasteiger partial charge on any atom is 0.394 e. The summed E-state index contributed by atoms with van der Waals surface area (Å²) in [7, 11) is -4.67.